The van der Waals surface area contributed by atoms with Gasteiger partial charge in [-0.1, -0.05) is 15.9 Å². The molecule has 1 saturated heterocycles. The summed E-state index contributed by atoms with van der Waals surface area (Å²) in [7, 11) is 1.49. The first-order valence-corrected chi connectivity index (χ1v) is 8.97. The first-order valence-electron chi connectivity index (χ1n) is 8.18. The highest BCUT2D eigenvalue weighted by Crippen LogP contribution is 2.35. The molecule has 3 rings (SSSR count). The summed E-state index contributed by atoms with van der Waals surface area (Å²) in [5.41, 5.74) is 1.21. The van der Waals surface area contributed by atoms with Crippen molar-refractivity contribution in [3.63, 3.8) is 0 Å². The molecule has 0 spiro atoms. The van der Waals surface area contributed by atoms with Crippen LogP contribution >= 0.6 is 15.9 Å². The molecule has 0 bridgehead atoms. The second kappa shape index (κ2) is 8.53. The number of benzene rings is 2. The van der Waals surface area contributed by atoms with Crippen LogP contribution in [0, 0.1) is 0 Å². The number of carbonyl (C=O) groups excluding carboxylic acids is 1. The monoisotopic (exact) mass is 422 g/mol. The van der Waals surface area contributed by atoms with E-state index >= 15 is 0 Å². The number of esters is 1. The first kappa shape index (κ1) is 18.7. The quantitative estimate of drug-likeness (QED) is 0.639. The third-order valence-electron chi connectivity index (χ3n) is 3.75. The number of hydrogen-bond donors (Lipinski definition) is 0. The summed E-state index contributed by atoms with van der Waals surface area (Å²) in [6, 6.07) is 10.5. The molecule has 6 nitrogen and oxygen atoms in total. The number of hydrogen-bond acceptors (Lipinski definition) is 6. The van der Waals surface area contributed by atoms with E-state index in [4.69, 9.17) is 23.7 Å². The summed E-state index contributed by atoms with van der Waals surface area (Å²) in [6.07, 6.45) is -0.409. The van der Waals surface area contributed by atoms with Crippen molar-refractivity contribution >= 4 is 21.9 Å². The van der Waals surface area contributed by atoms with Gasteiger partial charge in [-0.05, 0) is 37.3 Å². The fourth-order valence-corrected chi connectivity index (χ4v) is 2.99. The van der Waals surface area contributed by atoms with E-state index in [1.54, 1.807) is 25.1 Å². The number of rotatable bonds is 6. The lowest BCUT2D eigenvalue weighted by atomic mass is 10.2. The van der Waals surface area contributed by atoms with Crippen molar-refractivity contribution in [1.82, 2.24) is 0 Å². The van der Waals surface area contributed by atoms with Crippen molar-refractivity contribution in [3.8, 4) is 17.2 Å². The van der Waals surface area contributed by atoms with E-state index in [9.17, 15) is 4.79 Å². The van der Waals surface area contributed by atoms with Crippen LogP contribution < -0.4 is 9.47 Å². The molecule has 0 unspecified atom stereocenters. The number of methoxy groups -OCH3 is 1. The smallest absolute Gasteiger partial charge is 0.341 e. The molecule has 0 atom stereocenters. The maximum Gasteiger partial charge on any atom is 0.341 e. The Morgan fingerprint density at radius 3 is 2.54 bits per heavy atom. The van der Waals surface area contributed by atoms with Gasteiger partial charge in [0.15, 0.2) is 6.29 Å². The molecule has 1 aliphatic heterocycles. The molecule has 0 aromatic heterocycles. The van der Waals surface area contributed by atoms with Crippen LogP contribution in [0.25, 0.3) is 0 Å². The molecule has 1 fully saturated rings. The summed E-state index contributed by atoms with van der Waals surface area (Å²) < 4.78 is 28.2. The molecule has 1 heterocycles. The third-order valence-corrected chi connectivity index (χ3v) is 4.47. The Hall–Kier alpha value is -2.09. The van der Waals surface area contributed by atoms with Gasteiger partial charge in [0.2, 0.25) is 0 Å². The Kier molecular flexibility index (Phi) is 6.13. The number of carbonyl (C=O) groups is 1. The zero-order valence-electron chi connectivity index (χ0n) is 14.5. The predicted molar refractivity (Wildman–Crippen MR) is 97.8 cm³/mol. The van der Waals surface area contributed by atoms with Crippen LogP contribution in [-0.2, 0) is 14.2 Å². The normalized spacial score (nSPS) is 14.3. The van der Waals surface area contributed by atoms with Crippen molar-refractivity contribution in [2.75, 3.05) is 26.9 Å². The van der Waals surface area contributed by atoms with Crippen molar-refractivity contribution in [3.05, 3.63) is 52.0 Å². The zero-order valence-corrected chi connectivity index (χ0v) is 16.1. The van der Waals surface area contributed by atoms with Gasteiger partial charge < -0.3 is 23.7 Å². The second-order valence-corrected chi connectivity index (χ2v) is 6.30. The molecule has 2 aromatic rings. The summed E-state index contributed by atoms with van der Waals surface area (Å²) in [6.45, 7) is 3.18. The molecular weight excluding hydrogens is 404 g/mol. The summed E-state index contributed by atoms with van der Waals surface area (Å²) >= 11 is 3.50. The summed E-state index contributed by atoms with van der Waals surface area (Å²) in [4.78, 5) is 11.9. The van der Waals surface area contributed by atoms with Gasteiger partial charge in [0.1, 0.15) is 22.8 Å². The Bertz CT molecular complexity index is 786. The molecular formula is C19H19BrO6. The van der Waals surface area contributed by atoms with Crippen LogP contribution in [0.5, 0.6) is 17.2 Å². The molecule has 0 N–H and O–H groups in total. The van der Waals surface area contributed by atoms with Crippen molar-refractivity contribution in [2.45, 2.75) is 13.2 Å². The third kappa shape index (κ3) is 4.17. The fraction of sp³-hybridized carbons (Fsp3) is 0.316. The minimum absolute atomic E-state index is 0.299. The Morgan fingerprint density at radius 2 is 1.85 bits per heavy atom. The molecule has 26 heavy (non-hydrogen) atoms. The van der Waals surface area contributed by atoms with Crippen LogP contribution in [0.1, 0.15) is 29.1 Å². The highest BCUT2D eigenvalue weighted by molar-refractivity contribution is 9.10. The topological polar surface area (TPSA) is 63.2 Å². The Labute approximate surface area is 160 Å². The van der Waals surface area contributed by atoms with Crippen molar-refractivity contribution < 1.29 is 28.5 Å². The van der Waals surface area contributed by atoms with E-state index < -0.39 is 12.3 Å². The molecule has 138 valence electrons. The van der Waals surface area contributed by atoms with Gasteiger partial charge in [0.05, 0.1) is 26.9 Å². The average Bonchev–Trinajstić information content (AvgIpc) is 3.18. The van der Waals surface area contributed by atoms with E-state index in [1.807, 2.05) is 18.2 Å². The van der Waals surface area contributed by atoms with E-state index in [0.717, 1.165) is 10.0 Å². The molecule has 0 aliphatic carbocycles. The van der Waals surface area contributed by atoms with E-state index in [0.29, 0.717) is 42.6 Å². The lowest BCUT2D eigenvalue weighted by Crippen LogP contribution is -2.06. The summed E-state index contributed by atoms with van der Waals surface area (Å²) in [5.74, 6) is 1.11. The van der Waals surface area contributed by atoms with Crippen LogP contribution in [0.15, 0.2) is 40.9 Å². The lowest BCUT2D eigenvalue weighted by molar-refractivity contribution is -0.0447. The van der Waals surface area contributed by atoms with Crippen LogP contribution in [-0.4, -0.2) is 32.9 Å². The SMILES string of the molecule is CCOC(=O)c1ccc(Oc2ccc(Br)c(C3OCCO3)c2)cc1OC. The second-order valence-electron chi connectivity index (χ2n) is 5.44. The molecule has 0 saturated carbocycles. The molecule has 2 aromatic carbocycles. The minimum Gasteiger partial charge on any atom is -0.496 e. The van der Waals surface area contributed by atoms with E-state index in [-0.39, 0.29) is 0 Å². The van der Waals surface area contributed by atoms with Crippen LogP contribution in [0.2, 0.25) is 0 Å². The van der Waals surface area contributed by atoms with Gasteiger partial charge >= 0.3 is 5.97 Å². The zero-order chi connectivity index (χ0) is 18.5. The molecule has 0 radical (unpaired) electrons. The van der Waals surface area contributed by atoms with Gasteiger partial charge in [-0.25, -0.2) is 4.79 Å². The van der Waals surface area contributed by atoms with Crippen molar-refractivity contribution in [2.24, 2.45) is 0 Å². The van der Waals surface area contributed by atoms with Crippen molar-refractivity contribution in [1.29, 1.82) is 0 Å². The maximum absolute atomic E-state index is 11.9. The standard InChI is InChI=1S/C19H19BrO6/c1-3-23-18(21)14-6-4-13(11-17(14)22-2)26-12-5-7-16(20)15(10-12)19-24-8-9-25-19/h4-7,10-11,19H,3,8-9H2,1-2H3. The van der Waals surface area contributed by atoms with Gasteiger partial charge in [-0.15, -0.1) is 0 Å². The largest absolute Gasteiger partial charge is 0.496 e. The Morgan fingerprint density at radius 1 is 1.15 bits per heavy atom. The predicted octanol–water partition coefficient (Wildman–Crippen LogP) is 4.47. The van der Waals surface area contributed by atoms with Gasteiger partial charge in [-0.2, -0.15) is 0 Å². The van der Waals surface area contributed by atoms with Crippen LogP contribution in [0.4, 0.5) is 0 Å². The molecule has 0 amide bonds. The summed E-state index contributed by atoms with van der Waals surface area (Å²) in [5, 5.41) is 0. The average molecular weight is 423 g/mol. The van der Waals surface area contributed by atoms with Crippen LogP contribution in [0.3, 0.4) is 0 Å². The first-order chi connectivity index (χ1) is 12.6. The number of ether oxygens (including phenoxy) is 5. The minimum atomic E-state index is -0.433. The Balaban J connectivity index is 1.82. The lowest BCUT2D eigenvalue weighted by Gasteiger charge is -2.14. The molecule has 7 heteroatoms. The maximum atomic E-state index is 11.9. The van der Waals surface area contributed by atoms with Gasteiger partial charge in [0, 0.05) is 16.1 Å². The van der Waals surface area contributed by atoms with Gasteiger partial charge in [-0.3, -0.25) is 0 Å². The molecule has 1 aliphatic rings. The van der Waals surface area contributed by atoms with E-state index in [2.05, 4.69) is 15.9 Å². The highest BCUT2D eigenvalue weighted by Gasteiger charge is 2.21. The highest BCUT2D eigenvalue weighted by atomic mass is 79.9. The number of halogens is 1. The fourth-order valence-electron chi connectivity index (χ4n) is 2.55. The van der Waals surface area contributed by atoms with E-state index in [1.165, 1.54) is 7.11 Å². The van der Waals surface area contributed by atoms with Gasteiger partial charge in [0.25, 0.3) is 0 Å².